The molecule has 0 spiro atoms. The van der Waals surface area contributed by atoms with Crippen molar-refractivity contribution in [1.82, 2.24) is 4.31 Å². The van der Waals surface area contributed by atoms with Gasteiger partial charge in [-0.05, 0) is 60.9 Å². The second-order valence-corrected chi connectivity index (χ2v) is 11.5. The maximum atomic E-state index is 12.8. The van der Waals surface area contributed by atoms with Crippen molar-refractivity contribution in [3.8, 4) is 0 Å². The van der Waals surface area contributed by atoms with Crippen LogP contribution in [0.25, 0.3) is 6.08 Å². The molecule has 166 valence electrons. The minimum absolute atomic E-state index is 0.177. The number of nitrogens with zero attached hydrogens (tertiary/aromatic N) is 1. The van der Waals surface area contributed by atoms with Crippen LogP contribution < -0.4 is 5.32 Å². The van der Waals surface area contributed by atoms with Gasteiger partial charge in [-0.1, -0.05) is 25.0 Å². The predicted molar refractivity (Wildman–Crippen MR) is 121 cm³/mol. The van der Waals surface area contributed by atoms with E-state index in [2.05, 4.69) is 5.32 Å². The number of sulfonamides is 1. The molecule has 1 heterocycles. The second-order valence-electron chi connectivity index (χ2n) is 7.51. The summed E-state index contributed by atoms with van der Waals surface area (Å²) in [6, 6.07) is 12.3. The number of sulfone groups is 1. The molecule has 3 rings (SSSR count). The van der Waals surface area contributed by atoms with Gasteiger partial charge in [-0.15, -0.1) is 0 Å². The Morgan fingerprint density at radius 3 is 1.94 bits per heavy atom. The van der Waals surface area contributed by atoms with Crippen LogP contribution >= 0.6 is 0 Å². The maximum Gasteiger partial charge on any atom is 0.248 e. The number of amides is 1. The van der Waals surface area contributed by atoms with Gasteiger partial charge in [0.2, 0.25) is 15.9 Å². The maximum absolute atomic E-state index is 12.8. The molecule has 1 aliphatic rings. The number of hydrogen-bond donors (Lipinski definition) is 1. The van der Waals surface area contributed by atoms with Crippen LogP contribution in [0.5, 0.6) is 0 Å². The van der Waals surface area contributed by atoms with E-state index in [9.17, 15) is 21.6 Å². The minimum atomic E-state index is -3.50. The fraction of sp³-hybridized carbons (Fsp3) is 0.318. The number of benzene rings is 2. The molecule has 0 atom stereocenters. The van der Waals surface area contributed by atoms with Crippen LogP contribution in [0.15, 0.2) is 64.4 Å². The van der Waals surface area contributed by atoms with Crippen molar-refractivity contribution >= 4 is 37.5 Å². The van der Waals surface area contributed by atoms with Crippen molar-refractivity contribution in [2.45, 2.75) is 35.5 Å². The molecule has 1 amide bonds. The lowest BCUT2D eigenvalue weighted by Crippen LogP contribution is -2.31. The van der Waals surface area contributed by atoms with Gasteiger partial charge >= 0.3 is 0 Å². The van der Waals surface area contributed by atoms with E-state index in [4.69, 9.17) is 0 Å². The third-order valence-corrected chi connectivity index (χ3v) is 8.10. The second kappa shape index (κ2) is 9.76. The van der Waals surface area contributed by atoms with Gasteiger partial charge in [0.05, 0.1) is 9.79 Å². The molecule has 2 aromatic carbocycles. The molecule has 0 aromatic heterocycles. The van der Waals surface area contributed by atoms with Gasteiger partial charge in [0.15, 0.2) is 9.84 Å². The van der Waals surface area contributed by atoms with Crippen LogP contribution in [0, 0.1) is 0 Å². The van der Waals surface area contributed by atoms with Crippen molar-refractivity contribution in [1.29, 1.82) is 0 Å². The number of carbonyl (C=O) groups is 1. The highest BCUT2D eigenvalue weighted by atomic mass is 32.2. The number of nitrogens with one attached hydrogen (secondary N) is 1. The monoisotopic (exact) mass is 462 g/mol. The van der Waals surface area contributed by atoms with Crippen molar-refractivity contribution < 1.29 is 21.6 Å². The first-order valence-corrected chi connectivity index (χ1v) is 13.4. The predicted octanol–water partition coefficient (Wildman–Crippen LogP) is 3.31. The summed E-state index contributed by atoms with van der Waals surface area (Å²) in [5.41, 5.74) is 1.17. The van der Waals surface area contributed by atoms with Crippen LogP contribution in [0.1, 0.15) is 31.2 Å². The Hall–Kier alpha value is -2.49. The average Bonchev–Trinajstić information content (AvgIpc) is 3.02. The zero-order valence-electron chi connectivity index (χ0n) is 17.3. The quantitative estimate of drug-likeness (QED) is 0.664. The molecule has 31 heavy (non-hydrogen) atoms. The first-order valence-electron chi connectivity index (χ1n) is 10.1. The highest BCUT2D eigenvalue weighted by Crippen LogP contribution is 2.21. The van der Waals surface area contributed by atoms with Gasteiger partial charge in [-0.2, -0.15) is 4.31 Å². The van der Waals surface area contributed by atoms with Gasteiger partial charge in [-0.25, -0.2) is 16.8 Å². The zero-order chi connectivity index (χ0) is 22.5. The molecule has 1 saturated heterocycles. The molecule has 7 nitrogen and oxygen atoms in total. The van der Waals surface area contributed by atoms with Crippen LogP contribution in [-0.4, -0.2) is 46.4 Å². The third-order valence-electron chi connectivity index (χ3n) is 5.06. The molecule has 9 heteroatoms. The molecular weight excluding hydrogens is 436 g/mol. The molecular formula is C22H26N2O5S2. The Labute approximate surface area is 183 Å². The molecule has 0 unspecified atom stereocenters. The number of hydrogen-bond acceptors (Lipinski definition) is 5. The Balaban J connectivity index is 1.63. The van der Waals surface area contributed by atoms with Crippen LogP contribution in [0.4, 0.5) is 5.69 Å². The molecule has 1 fully saturated rings. The summed E-state index contributed by atoms with van der Waals surface area (Å²) in [7, 11) is -6.79. The summed E-state index contributed by atoms with van der Waals surface area (Å²) in [5, 5.41) is 2.65. The number of rotatable bonds is 6. The molecule has 1 N–H and O–H groups in total. The van der Waals surface area contributed by atoms with E-state index < -0.39 is 19.9 Å². The summed E-state index contributed by atoms with van der Waals surface area (Å²) < 4.78 is 50.1. The van der Waals surface area contributed by atoms with Crippen molar-refractivity contribution in [2.24, 2.45) is 0 Å². The fourth-order valence-corrected chi connectivity index (χ4v) is 5.47. The molecule has 0 aliphatic carbocycles. The van der Waals surface area contributed by atoms with E-state index in [0.717, 1.165) is 31.9 Å². The van der Waals surface area contributed by atoms with E-state index in [-0.39, 0.29) is 15.7 Å². The minimum Gasteiger partial charge on any atom is -0.323 e. The Morgan fingerprint density at radius 2 is 1.39 bits per heavy atom. The molecule has 0 bridgehead atoms. The van der Waals surface area contributed by atoms with E-state index in [1.807, 2.05) is 0 Å². The summed E-state index contributed by atoms with van der Waals surface area (Å²) in [6.45, 7) is 1.10. The van der Waals surface area contributed by atoms with Gasteiger partial charge in [0, 0.05) is 31.1 Å². The highest BCUT2D eigenvalue weighted by molar-refractivity contribution is 7.90. The van der Waals surface area contributed by atoms with Gasteiger partial charge in [0.25, 0.3) is 0 Å². The summed E-state index contributed by atoms with van der Waals surface area (Å²) >= 11 is 0. The van der Waals surface area contributed by atoms with E-state index in [1.165, 1.54) is 30.3 Å². The van der Waals surface area contributed by atoms with Gasteiger partial charge in [0.1, 0.15) is 0 Å². The third kappa shape index (κ3) is 6.25. The Bertz CT molecular complexity index is 1150. The molecule has 0 radical (unpaired) electrons. The zero-order valence-corrected chi connectivity index (χ0v) is 19.0. The molecule has 2 aromatic rings. The standard InChI is InChI=1S/C22H26N2O5S2/c1-30(26,27)20-13-9-19(10-14-20)23-22(25)15-8-18-6-11-21(12-7-18)31(28,29)24-16-4-2-3-5-17-24/h6-15H,2-5,16-17H2,1H3,(H,23,25)/b15-8+. The first kappa shape index (κ1) is 23.2. The van der Waals surface area contributed by atoms with Crippen LogP contribution in [0.3, 0.4) is 0 Å². The molecule has 0 saturated carbocycles. The lowest BCUT2D eigenvalue weighted by atomic mass is 10.2. The van der Waals surface area contributed by atoms with E-state index >= 15 is 0 Å². The number of anilines is 1. The largest absolute Gasteiger partial charge is 0.323 e. The summed E-state index contributed by atoms with van der Waals surface area (Å²) in [5.74, 6) is -0.381. The normalized spacial score (nSPS) is 16.2. The van der Waals surface area contributed by atoms with Crippen molar-refractivity contribution in [2.75, 3.05) is 24.7 Å². The van der Waals surface area contributed by atoms with Crippen molar-refractivity contribution in [3.05, 3.63) is 60.2 Å². The number of carbonyl (C=O) groups excluding carboxylic acids is 1. The SMILES string of the molecule is CS(=O)(=O)c1ccc(NC(=O)/C=C/c2ccc(S(=O)(=O)N3CCCCCC3)cc2)cc1. The summed E-state index contributed by atoms with van der Waals surface area (Å²) in [6.07, 6.45) is 7.91. The van der Waals surface area contributed by atoms with Crippen molar-refractivity contribution in [3.63, 3.8) is 0 Å². The fourth-order valence-electron chi connectivity index (χ4n) is 3.32. The smallest absolute Gasteiger partial charge is 0.248 e. The van der Waals surface area contributed by atoms with Crippen LogP contribution in [-0.2, 0) is 24.7 Å². The Kier molecular flexibility index (Phi) is 7.30. The Morgan fingerprint density at radius 1 is 0.839 bits per heavy atom. The topological polar surface area (TPSA) is 101 Å². The van der Waals surface area contributed by atoms with E-state index in [1.54, 1.807) is 34.6 Å². The molecule has 1 aliphatic heterocycles. The first-order chi connectivity index (χ1) is 14.7. The lowest BCUT2D eigenvalue weighted by Gasteiger charge is -2.19. The highest BCUT2D eigenvalue weighted by Gasteiger charge is 2.24. The lowest BCUT2D eigenvalue weighted by molar-refractivity contribution is -0.111. The average molecular weight is 463 g/mol. The summed E-state index contributed by atoms with van der Waals surface area (Å²) in [4.78, 5) is 12.5. The van der Waals surface area contributed by atoms with Gasteiger partial charge in [-0.3, -0.25) is 4.79 Å². The van der Waals surface area contributed by atoms with Crippen LogP contribution in [0.2, 0.25) is 0 Å². The van der Waals surface area contributed by atoms with Gasteiger partial charge < -0.3 is 5.32 Å². The van der Waals surface area contributed by atoms with E-state index in [0.29, 0.717) is 24.3 Å².